The fourth-order valence-corrected chi connectivity index (χ4v) is 2.23. The standard InChI is InChI=1S/C18H16N4O4/c1-2-25-18-16(22(23)24)17(19-12-20-18)21-13-8-10-15(11-9-13)26-14-6-4-3-5-7-14/h3-12H,2H2,1H3,(H,19,20,21). The lowest BCUT2D eigenvalue weighted by molar-refractivity contribution is -0.385. The molecule has 0 fully saturated rings. The number of hydrogen-bond acceptors (Lipinski definition) is 7. The smallest absolute Gasteiger partial charge is 0.373 e. The maximum absolute atomic E-state index is 11.4. The third kappa shape index (κ3) is 4.04. The molecular formula is C18H16N4O4. The average Bonchev–Trinajstić information content (AvgIpc) is 2.64. The van der Waals surface area contributed by atoms with Gasteiger partial charge in [-0.1, -0.05) is 18.2 Å². The van der Waals surface area contributed by atoms with Crippen LogP contribution in [0.1, 0.15) is 6.92 Å². The number of benzene rings is 2. The SMILES string of the molecule is CCOc1ncnc(Nc2ccc(Oc3ccccc3)cc2)c1[N+](=O)[O-]. The summed E-state index contributed by atoms with van der Waals surface area (Å²) in [4.78, 5) is 18.6. The molecule has 0 bridgehead atoms. The van der Waals surface area contributed by atoms with Gasteiger partial charge in [0.15, 0.2) is 0 Å². The van der Waals surface area contributed by atoms with Crippen LogP contribution in [0.15, 0.2) is 60.9 Å². The van der Waals surface area contributed by atoms with E-state index in [0.29, 0.717) is 11.4 Å². The number of nitrogens with zero attached hydrogens (tertiary/aromatic N) is 3. The van der Waals surface area contributed by atoms with Gasteiger partial charge in [-0.25, -0.2) is 4.98 Å². The molecule has 0 aliphatic rings. The molecule has 8 heteroatoms. The highest BCUT2D eigenvalue weighted by Crippen LogP contribution is 2.33. The molecule has 0 atom stereocenters. The van der Waals surface area contributed by atoms with Crippen LogP contribution in [0.3, 0.4) is 0 Å². The van der Waals surface area contributed by atoms with Crippen molar-refractivity contribution in [2.45, 2.75) is 6.92 Å². The number of aromatic nitrogens is 2. The van der Waals surface area contributed by atoms with Crippen molar-refractivity contribution in [2.75, 3.05) is 11.9 Å². The van der Waals surface area contributed by atoms with Crippen molar-refractivity contribution < 1.29 is 14.4 Å². The van der Waals surface area contributed by atoms with Crippen LogP contribution < -0.4 is 14.8 Å². The Morgan fingerprint density at radius 2 is 1.73 bits per heavy atom. The van der Waals surface area contributed by atoms with E-state index >= 15 is 0 Å². The van der Waals surface area contributed by atoms with Gasteiger partial charge in [-0.05, 0) is 43.3 Å². The molecule has 0 saturated carbocycles. The molecule has 0 aliphatic heterocycles. The van der Waals surface area contributed by atoms with E-state index < -0.39 is 4.92 Å². The number of nitro groups is 1. The minimum atomic E-state index is -0.569. The first kappa shape index (κ1) is 17.2. The van der Waals surface area contributed by atoms with E-state index in [1.807, 2.05) is 30.3 Å². The summed E-state index contributed by atoms with van der Waals surface area (Å²) in [6.45, 7) is 1.99. The van der Waals surface area contributed by atoms with E-state index in [1.54, 1.807) is 31.2 Å². The topological polar surface area (TPSA) is 99.4 Å². The second-order valence-electron chi connectivity index (χ2n) is 5.13. The Hall–Kier alpha value is -3.68. The minimum Gasteiger partial charge on any atom is -0.473 e. The molecule has 0 spiro atoms. The number of anilines is 2. The summed E-state index contributed by atoms with van der Waals surface area (Å²) in [6, 6.07) is 16.4. The van der Waals surface area contributed by atoms with E-state index in [-0.39, 0.29) is 24.0 Å². The molecule has 3 rings (SSSR count). The van der Waals surface area contributed by atoms with Gasteiger partial charge >= 0.3 is 5.69 Å². The highest BCUT2D eigenvalue weighted by Gasteiger charge is 2.24. The summed E-state index contributed by atoms with van der Waals surface area (Å²) in [5.41, 5.74) is 0.314. The molecule has 1 N–H and O–H groups in total. The zero-order chi connectivity index (χ0) is 18.4. The molecule has 1 heterocycles. The van der Waals surface area contributed by atoms with Crippen molar-refractivity contribution in [3.8, 4) is 17.4 Å². The van der Waals surface area contributed by atoms with Gasteiger partial charge in [-0.15, -0.1) is 0 Å². The first-order valence-electron chi connectivity index (χ1n) is 7.89. The third-order valence-electron chi connectivity index (χ3n) is 3.35. The average molecular weight is 352 g/mol. The summed E-state index contributed by atoms with van der Waals surface area (Å²) in [5, 5.41) is 14.3. The summed E-state index contributed by atoms with van der Waals surface area (Å²) in [5.74, 6) is 1.36. The summed E-state index contributed by atoms with van der Waals surface area (Å²) < 4.78 is 10.9. The molecule has 0 saturated heterocycles. The predicted octanol–water partition coefficient (Wildman–Crippen LogP) is 4.32. The molecule has 0 amide bonds. The quantitative estimate of drug-likeness (QED) is 0.499. The van der Waals surface area contributed by atoms with Crippen LogP contribution in [0, 0.1) is 10.1 Å². The van der Waals surface area contributed by atoms with Crippen LogP contribution in [-0.2, 0) is 0 Å². The van der Waals surface area contributed by atoms with Crippen molar-refractivity contribution in [2.24, 2.45) is 0 Å². The first-order chi connectivity index (χ1) is 12.7. The Morgan fingerprint density at radius 1 is 1.04 bits per heavy atom. The maximum atomic E-state index is 11.4. The third-order valence-corrected chi connectivity index (χ3v) is 3.35. The van der Waals surface area contributed by atoms with Crippen molar-refractivity contribution in [1.82, 2.24) is 9.97 Å². The molecule has 8 nitrogen and oxygen atoms in total. The Kier molecular flexibility index (Phi) is 5.23. The minimum absolute atomic E-state index is 0.0603. The second kappa shape index (κ2) is 7.93. The summed E-state index contributed by atoms with van der Waals surface area (Å²) >= 11 is 0. The highest BCUT2D eigenvalue weighted by atomic mass is 16.6. The molecule has 0 radical (unpaired) electrons. The second-order valence-corrected chi connectivity index (χ2v) is 5.13. The number of rotatable bonds is 7. The van der Waals surface area contributed by atoms with Crippen LogP contribution in [-0.4, -0.2) is 21.5 Å². The van der Waals surface area contributed by atoms with Gasteiger partial charge in [0, 0.05) is 5.69 Å². The fourth-order valence-electron chi connectivity index (χ4n) is 2.23. The van der Waals surface area contributed by atoms with Gasteiger partial charge in [0.1, 0.15) is 17.8 Å². The van der Waals surface area contributed by atoms with Crippen molar-refractivity contribution >= 4 is 17.2 Å². The van der Waals surface area contributed by atoms with E-state index in [2.05, 4.69) is 15.3 Å². The van der Waals surface area contributed by atoms with Gasteiger partial charge in [-0.3, -0.25) is 10.1 Å². The Bertz CT molecular complexity index is 885. The zero-order valence-electron chi connectivity index (χ0n) is 14.0. The number of hydrogen-bond donors (Lipinski definition) is 1. The molecule has 26 heavy (non-hydrogen) atoms. The van der Waals surface area contributed by atoms with Gasteiger partial charge in [-0.2, -0.15) is 4.98 Å². The largest absolute Gasteiger partial charge is 0.473 e. The molecule has 3 aromatic rings. The Morgan fingerprint density at radius 3 is 2.38 bits per heavy atom. The lowest BCUT2D eigenvalue weighted by Crippen LogP contribution is -2.05. The van der Waals surface area contributed by atoms with E-state index in [4.69, 9.17) is 9.47 Å². The lowest BCUT2D eigenvalue weighted by atomic mass is 10.3. The summed E-state index contributed by atoms with van der Waals surface area (Å²) in [7, 11) is 0. The molecule has 132 valence electrons. The monoisotopic (exact) mass is 352 g/mol. The van der Waals surface area contributed by atoms with Crippen molar-refractivity contribution in [3.63, 3.8) is 0 Å². The predicted molar refractivity (Wildman–Crippen MR) is 96.1 cm³/mol. The van der Waals surface area contributed by atoms with Crippen LogP contribution in [0.5, 0.6) is 17.4 Å². The van der Waals surface area contributed by atoms with E-state index in [0.717, 1.165) is 5.75 Å². The van der Waals surface area contributed by atoms with Crippen LogP contribution in [0.2, 0.25) is 0 Å². The highest BCUT2D eigenvalue weighted by molar-refractivity contribution is 5.68. The van der Waals surface area contributed by atoms with Crippen LogP contribution in [0.4, 0.5) is 17.2 Å². The number of ether oxygens (including phenoxy) is 2. The van der Waals surface area contributed by atoms with Crippen molar-refractivity contribution in [3.05, 3.63) is 71.0 Å². The van der Waals surface area contributed by atoms with Gasteiger partial charge in [0.25, 0.3) is 5.88 Å². The normalized spacial score (nSPS) is 10.2. The van der Waals surface area contributed by atoms with Gasteiger partial charge in [0.05, 0.1) is 11.5 Å². The van der Waals surface area contributed by atoms with Crippen LogP contribution >= 0.6 is 0 Å². The maximum Gasteiger partial charge on any atom is 0.373 e. The lowest BCUT2D eigenvalue weighted by Gasteiger charge is -2.10. The van der Waals surface area contributed by atoms with Crippen molar-refractivity contribution in [1.29, 1.82) is 0 Å². The molecular weight excluding hydrogens is 336 g/mol. The summed E-state index contributed by atoms with van der Waals surface area (Å²) in [6.07, 6.45) is 1.22. The van der Waals surface area contributed by atoms with Gasteiger partial charge in [0.2, 0.25) is 5.82 Å². The zero-order valence-corrected chi connectivity index (χ0v) is 14.0. The first-order valence-corrected chi connectivity index (χ1v) is 7.89. The van der Waals surface area contributed by atoms with E-state index in [9.17, 15) is 10.1 Å². The molecule has 0 aliphatic carbocycles. The number of nitrogens with one attached hydrogen (secondary N) is 1. The Balaban J connectivity index is 1.79. The fraction of sp³-hybridized carbons (Fsp3) is 0.111. The molecule has 0 unspecified atom stereocenters. The Labute approximate surface area is 149 Å². The number of para-hydroxylation sites is 1. The van der Waals surface area contributed by atoms with E-state index in [1.165, 1.54) is 6.33 Å². The molecule has 1 aromatic heterocycles. The van der Waals surface area contributed by atoms with Crippen LogP contribution in [0.25, 0.3) is 0 Å². The van der Waals surface area contributed by atoms with Gasteiger partial charge < -0.3 is 14.8 Å². The molecule has 2 aromatic carbocycles.